The summed E-state index contributed by atoms with van der Waals surface area (Å²) >= 11 is 2.04. The fourth-order valence-electron chi connectivity index (χ4n) is 0.785. The highest BCUT2D eigenvalue weighted by molar-refractivity contribution is 7.99. The van der Waals surface area contributed by atoms with Crippen molar-refractivity contribution in [1.82, 2.24) is 0 Å². The van der Waals surface area contributed by atoms with Crippen molar-refractivity contribution >= 4 is 11.8 Å². The van der Waals surface area contributed by atoms with Gasteiger partial charge < -0.3 is 28.5 Å². The summed E-state index contributed by atoms with van der Waals surface area (Å²) in [6.45, 7) is 3.52. The summed E-state index contributed by atoms with van der Waals surface area (Å²) in [4.78, 5) is 0. The third-order valence-electron chi connectivity index (χ3n) is 1.32. The number of hydrogen-bond acceptors (Lipinski definition) is 1. The first-order valence-electron chi connectivity index (χ1n) is 3.94. The summed E-state index contributed by atoms with van der Waals surface area (Å²) in [5, 5.41) is 0. The Morgan fingerprint density at radius 3 is 2.09 bits per heavy atom. The van der Waals surface area contributed by atoms with Crippen LogP contribution >= 0.6 is 11.8 Å². The lowest BCUT2D eigenvalue weighted by atomic mass is 10.4. The zero-order chi connectivity index (χ0) is 8.04. The average molecular weight is 289 g/mol. The molecular formula is C8H20INS. The number of quaternary nitrogens is 1. The lowest BCUT2D eigenvalue weighted by Gasteiger charge is -2.23. The highest BCUT2D eigenvalue weighted by Crippen LogP contribution is 2.02. The van der Waals surface area contributed by atoms with E-state index < -0.39 is 0 Å². The van der Waals surface area contributed by atoms with E-state index >= 15 is 0 Å². The molecule has 0 aliphatic carbocycles. The molecule has 0 saturated heterocycles. The van der Waals surface area contributed by atoms with Gasteiger partial charge in [0.25, 0.3) is 0 Å². The zero-order valence-corrected chi connectivity index (χ0v) is 11.0. The second-order valence-corrected chi connectivity index (χ2v) is 4.96. The quantitative estimate of drug-likeness (QED) is 0.349. The Kier molecular flexibility index (Phi) is 10.2. The van der Waals surface area contributed by atoms with Gasteiger partial charge in [-0.2, -0.15) is 11.8 Å². The zero-order valence-electron chi connectivity index (χ0n) is 8.06. The maximum Gasteiger partial charge on any atom is 0.0788 e. The molecule has 0 aliphatic rings. The minimum absolute atomic E-state index is 0. The fourth-order valence-corrected chi connectivity index (χ4v) is 1.41. The van der Waals surface area contributed by atoms with E-state index in [-0.39, 0.29) is 24.0 Å². The number of halogens is 1. The third kappa shape index (κ3) is 14.0. The van der Waals surface area contributed by atoms with Gasteiger partial charge >= 0.3 is 0 Å². The molecule has 3 heteroatoms. The van der Waals surface area contributed by atoms with Crippen LogP contribution in [0.15, 0.2) is 0 Å². The summed E-state index contributed by atoms with van der Waals surface area (Å²) in [7, 11) is 6.74. The molecule has 0 bridgehead atoms. The highest BCUT2D eigenvalue weighted by Gasteiger charge is 2.04. The van der Waals surface area contributed by atoms with E-state index in [1.807, 2.05) is 11.8 Å². The van der Waals surface area contributed by atoms with Crippen LogP contribution < -0.4 is 24.0 Å². The van der Waals surface area contributed by atoms with Gasteiger partial charge in [-0.05, 0) is 11.5 Å². The predicted octanol–water partition coefficient (Wildman–Crippen LogP) is -1.16. The van der Waals surface area contributed by atoms with Crippen LogP contribution in [-0.4, -0.2) is 43.7 Å². The van der Waals surface area contributed by atoms with Crippen LogP contribution in [0.5, 0.6) is 0 Å². The van der Waals surface area contributed by atoms with Crippen molar-refractivity contribution in [3.63, 3.8) is 0 Å². The summed E-state index contributed by atoms with van der Waals surface area (Å²) in [5.41, 5.74) is 0. The van der Waals surface area contributed by atoms with Crippen molar-refractivity contribution in [1.29, 1.82) is 0 Å². The Morgan fingerprint density at radius 1 is 1.18 bits per heavy atom. The van der Waals surface area contributed by atoms with E-state index in [9.17, 15) is 0 Å². The molecule has 0 fully saturated rings. The predicted molar refractivity (Wildman–Crippen MR) is 50.5 cm³/mol. The first kappa shape index (κ1) is 14.6. The van der Waals surface area contributed by atoms with Crippen LogP contribution in [0.3, 0.4) is 0 Å². The molecule has 0 unspecified atom stereocenters. The van der Waals surface area contributed by atoms with E-state index in [0.717, 1.165) is 4.48 Å². The molecule has 0 rings (SSSR count). The van der Waals surface area contributed by atoms with Crippen LogP contribution in [0.4, 0.5) is 0 Å². The number of hydrogen-bond donors (Lipinski definition) is 0. The normalized spacial score (nSPS) is 10.9. The van der Waals surface area contributed by atoms with Crippen molar-refractivity contribution in [3.8, 4) is 0 Å². The third-order valence-corrected chi connectivity index (χ3v) is 2.31. The van der Waals surface area contributed by atoms with E-state index in [1.54, 1.807) is 0 Å². The number of nitrogens with zero attached hydrogens (tertiary/aromatic N) is 1. The first-order valence-corrected chi connectivity index (χ1v) is 5.10. The molecule has 0 spiro atoms. The van der Waals surface area contributed by atoms with Gasteiger partial charge in [-0.25, -0.2) is 0 Å². The summed E-state index contributed by atoms with van der Waals surface area (Å²) in [6, 6.07) is 0. The summed E-state index contributed by atoms with van der Waals surface area (Å²) in [6.07, 6.45) is 1.35. The number of rotatable bonds is 5. The second-order valence-electron chi connectivity index (χ2n) is 3.56. The molecule has 0 aliphatic heterocycles. The SMILES string of the molecule is CCSCCC[N+](C)(C)C.[I-]. The van der Waals surface area contributed by atoms with Crippen LogP contribution in [0.1, 0.15) is 13.3 Å². The van der Waals surface area contributed by atoms with Crippen molar-refractivity contribution in [2.24, 2.45) is 0 Å². The van der Waals surface area contributed by atoms with Gasteiger partial charge in [-0.3, -0.25) is 0 Å². The van der Waals surface area contributed by atoms with Gasteiger partial charge in [0.05, 0.1) is 27.7 Å². The van der Waals surface area contributed by atoms with Gasteiger partial charge in [0, 0.05) is 6.42 Å². The Morgan fingerprint density at radius 2 is 1.73 bits per heavy atom. The standard InChI is InChI=1S/C8H20NS.HI/c1-5-10-8-6-7-9(2,3)4;/h5-8H2,1-4H3;1H/q+1;/p-1. The molecule has 0 heterocycles. The lowest BCUT2D eigenvalue weighted by molar-refractivity contribution is -0.870. The monoisotopic (exact) mass is 289 g/mol. The smallest absolute Gasteiger partial charge is 0.0788 e. The van der Waals surface area contributed by atoms with Gasteiger partial charge in [-0.15, -0.1) is 0 Å². The van der Waals surface area contributed by atoms with Crippen molar-refractivity contribution in [2.45, 2.75) is 13.3 Å². The van der Waals surface area contributed by atoms with Crippen molar-refractivity contribution in [3.05, 3.63) is 0 Å². The van der Waals surface area contributed by atoms with Gasteiger partial charge in [-0.1, -0.05) is 6.92 Å². The largest absolute Gasteiger partial charge is 1.00 e. The minimum atomic E-state index is 0. The molecule has 0 atom stereocenters. The van der Waals surface area contributed by atoms with Gasteiger partial charge in [0.15, 0.2) is 0 Å². The molecule has 0 amide bonds. The molecule has 0 N–H and O–H groups in total. The average Bonchev–Trinajstić information content (AvgIpc) is 1.78. The molecule has 11 heavy (non-hydrogen) atoms. The van der Waals surface area contributed by atoms with Gasteiger partial charge in [0.1, 0.15) is 0 Å². The fraction of sp³-hybridized carbons (Fsp3) is 1.00. The minimum Gasteiger partial charge on any atom is -1.00 e. The molecule has 70 valence electrons. The Bertz CT molecular complexity index is 80.7. The van der Waals surface area contributed by atoms with Crippen molar-refractivity contribution in [2.75, 3.05) is 39.2 Å². The lowest BCUT2D eigenvalue weighted by Crippen LogP contribution is -3.00. The van der Waals surface area contributed by atoms with Crippen LogP contribution in [-0.2, 0) is 0 Å². The van der Waals surface area contributed by atoms with Crippen molar-refractivity contribution < 1.29 is 28.5 Å². The molecular weight excluding hydrogens is 269 g/mol. The van der Waals surface area contributed by atoms with Crippen LogP contribution in [0, 0.1) is 0 Å². The first-order chi connectivity index (χ1) is 4.56. The maximum absolute atomic E-state index is 2.25. The maximum atomic E-state index is 2.25. The second kappa shape index (κ2) is 7.68. The molecule has 0 radical (unpaired) electrons. The van der Waals surface area contributed by atoms with Crippen LogP contribution in [0.2, 0.25) is 0 Å². The highest BCUT2D eigenvalue weighted by atomic mass is 127. The van der Waals surface area contributed by atoms with E-state index in [4.69, 9.17) is 0 Å². The Hall–Kier alpha value is 1.04. The van der Waals surface area contributed by atoms with Gasteiger partial charge in [0.2, 0.25) is 0 Å². The Balaban J connectivity index is 0. The van der Waals surface area contributed by atoms with E-state index in [1.165, 1.54) is 24.5 Å². The summed E-state index contributed by atoms with van der Waals surface area (Å²) < 4.78 is 1.10. The molecule has 0 saturated carbocycles. The number of thioether (sulfide) groups is 1. The molecule has 0 aromatic carbocycles. The molecule has 1 nitrogen and oxygen atoms in total. The van der Waals surface area contributed by atoms with E-state index in [0.29, 0.717) is 0 Å². The van der Waals surface area contributed by atoms with E-state index in [2.05, 4.69) is 28.1 Å². The summed E-state index contributed by atoms with van der Waals surface area (Å²) in [5.74, 6) is 2.59. The topological polar surface area (TPSA) is 0 Å². The van der Waals surface area contributed by atoms with Crippen LogP contribution in [0.25, 0.3) is 0 Å². The molecule has 0 aromatic heterocycles. The Labute approximate surface area is 92.5 Å². The molecule has 0 aromatic rings.